The Kier molecular flexibility index (Phi) is 4.48. The monoisotopic (exact) mass is 340 g/mol. The van der Waals surface area contributed by atoms with E-state index in [1.165, 1.54) is 0 Å². The Morgan fingerprint density at radius 2 is 1.86 bits per heavy atom. The predicted octanol–water partition coefficient (Wildman–Crippen LogP) is -0.123. The summed E-state index contributed by atoms with van der Waals surface area (Å²) in [5, 5.41) is -4.05. The van der Waals surface area contributed by atoms with Crippen LogP contribution in [0.1, 0.15) is 12.8 Å². The van der Waals surface area contributed by atoms with Crippen molar-refractivity contribution in [2.75, 3.05) is 0 Å². The minimum absolute atomic E-state index is 0.243. The van der Waals surface area contributed by atoms with Crippen LogP contribution in [-0.2, 0) is 24.4 Å². The molecule has 1 amide bonds. The van der Waals surface area contributed by atoms with Gasteiger partial charge < -0.3 is 14.6 Å². The van der Waals surface area contributed by atoms with Crippen molar-refractivity contribution in [2.45, 2.75) is 36.4 Å². The standard InChI is InChI=1S/C8H8F5NO6S/c9-7(10,11)6(8(12,13)21(17,18)19)20-5(16)3-1-2-4(15)14-3/h3,6H,1-2H2,(H,14,15)(H,17,18,19)/p-1. The lowest BCUT2D eigenvalue weighted by molar-refractivity contribution is -0.259. The number of nitrogens with one attached hydrogen (secondary N) is 1. The summed E-state index contributed by atoms with van der Waals surface area (Å²) >= 11 is 0. The van der Waals surface area contributed by atoms with E-state index in [0.29, 0.717) is 0 Å². The van der Waals surface area contributed by atoms with Crippen molar-refractivity contribution in [2.24, 2.45) is 0 Å². The fourth-order valence-corrected chi connectivity index (χ4v) is 1.89. The molecule has 1 N–H and O–H groups in total. The van der Waals surface area contributed by atoms with Crippen LogP contribution in [-0.4, -0.2) is 48.4 Å². The molecule has 0 bridgehead atoms. The van der Waals surface area contributed by atoms with Gasteiger partial charge in [0.1, 0.15) is 6.04 Å². The van der Waals surface area contributed by atoms with Crippen molar-refractivity contribution >= 4 is 22.0 Å². The Bertz CT molecular complexity index is 544. The number of ether oxygens (including phenoxy) is 1. The zero-order chi connectivity index (χ0) is 16.6. The highest BCUT2D eigenvalue weighted by atomic mass is 32.2. The Balaban J connectivity index is 3.01. The Morgan fingerprint density at radius 3 is 2.19 bits per heavy atom. The summed E-state index contributed by atoms with van der Waals surface area (Å²) in [6.07, 6.45) is -11.0. The third-order valence-corrected chi connectivity index (χ3v) is 3.33. The molecular formula is C8H7F5NO6S-. The fraction of sp³-hybridized carbons (Fsp3) is 0.750. The summed E-state index contributed by atoms with van der Waals surface area (Å²) in [5.74, 6) is -2.63. The van der Waals surface area contributed by atoms with Crippen LogP contribution >= 0.6 is 0 Å². The minimum Gasteiger partial charge on any atom is -0.743 e. The number of hydrogen-bond donors (Lipinski definition) is 1. The molecule has 1 saturated heterocycles. The second kappa shape index (κ2) is 5.36. The summed E-state index contributed by atoms with van der Waals surface area (Å²) in [7, 11) is -6.73. The predicted molar refractivity (Wildman–Crippen MR) is 51.7 cm³/mol. The lowest BCUT2D eigenvalue weighted by Gasteiger charge is -2.30. The minimum atomic E-state index is -6.73. The average molecular weight is 340 g/mol. The highest BCUT2D eigenvalue weighted by molar-refractivity contribution is 7.86. The molecule has 2 atom stereocenters. The van der Waals surface area contributed by atoms with Crippen LogP contribution < -0.4 is 5.32 Å². The van der Waals surface area contributed by atoms with Crippen molar-refractivity contribution in [3.63, 3.8) is 0 Å². The molecule has 13 heteroatoms. The highest BCUT2D eigenvalue weighted by Crippen LogP contribution is 2.38. The van der Waals surface area contributed by atoms with Crippen LogP contribution in [0, 0.1) is 0 Å². The van der Waals surface area contributed by atoms with E-state index in [0.717, 1.165) is 0 Å². The second-order valence-electron chi connectivity index (χ2n) is 4.03. The number of carbonyl (C=O) groups is 2. The van der Waals surface area contributed by atoms with Gasteiger partial charge in [-0.05, 0) is 6.42 Å². The molecule has 0 saturated carbocycles. The molecule has 0 aromatic heterocycles. The number of amides is 1. The molecule has 0 aromatic carbocycles. The maximum Gasteiger partial charge on any atom is 0.432 e. The normalized spacial score (nSPS) is 21.8. The number of halogens is 5. The van der Waals surface area contributed by atoms with Gasteiger partial charge in [-0.15, -0.1) is 0 Å². The van der Waals surface area contributed by atoms with Crippen molar-refractivity contribution in [1.29, 1.82) is 0 Å². The zero-order valence-electron chi connectivity index (χ0n) is 9.82. The van der Waals surface area contributed by atoms with Crippen molar-refractivity contribution in [3.05, 3.63) is 0 Å². The van der Waals surface area contributed by atoms with E-state index in [2.05, 4.69) is 4.74 Å². The van der Waals surface area contributed by atoms with Gasteiger partial charge in [-0.3, -0.25) is 4.79 Å². The first-order valence-electron chi connectivity index (χ1n) is 5.16. The molecule has 122 valence electrons. The van der Waals surface area contributed by atoms with E-state index >= 15 is 0 Å². The summed E-state index contributed by atoms with van der Waals surface area (Å²) in [4.78, 5) is 22.0. The molecule has 0 aromatic rings. The lowest BCUT2D eigenvalue weighted by atomic mass is 10.2. The van der Waals surface area contributed by atoms with E-state index < -0.39 is 45.6 Å². The molecule has 7 nitrogen and oxygen atoms in total. The van der Waals surface area contributed by atoms with Gasteiger partial charge in [-0.2, -0.15) is 22.0 Å². The molecule has 1 fully saturated rings. The van der Waals surface area contributed by atoms with Crippen LogP contribution in [0.2, 0.25) is 0 Å². The van der Waals surface area contributed by atoms with Gasteiger partial charge in [-0.1, -0.05) is 0 Å². The van der Waals surface area contributed by atoms with E-state index in [1.807, 2.05) is 5.32 Å². The van der Waals surface area contributed by atoms with Crippen LogP contribution in [0.4, 0.5) is 22.0 Å². The molecule has 1 aliphatic rings. The van der Waals surface area contributed by atoms with Crippen LogP contribution in [0.25, 0.3) is 0 Å². The zero-order valence-corrected chi connectivity index (χ0v) is 10.6. The number of carbonyl (C=O) groups excluding carboxylic acids is 2. The quantitative estimate of drug-likeness (QED) is 0.434. The SMILES string of the molecule is O=C1CCC(C(=O)OC(C(F)(F)F)C(F)(F)S(=O)(=O)[O-])N1. The van der Waals surface area contributed by atoms with Gasteiger partial charge in [0.25, 0.3) is 6.10 Å². The molecule has 0 radical (unpaired) electrons. The molecule has 21 heavy (non-hydrogen) atoms. The lowest BCUT2D eigenvalue weighted by Crippen LogP contribution is -2.53. The second-order valence-corrected chi connectivity index (χ2v) is 5.49. The topological polar surface area (TPSA) is 113 Å². The first kappa shape index (κ1) is 17.6. The number of hydrogen-bond acceptors (Lipinski definition) is 6. The van der Waals surface area contributed by atoms with Gasteiger partial charge in [-0.25, -0.2) is 13.2 Å². The number of rotatable bonds is 4. The smallest absolute Gasteiger partial charge is 0.432 e. The van der Waals surface area contributed by atoms with Crippen molar-refractivity contribution in [1.82, 2.24) is 5.32 Å². The molecule has 2 unspecified atom stereocenters. The van der Waals surface area contributed by atoms with Crippen LogP contribution in [0.5, 0.6) is 0 Å². The summed E-state index contributed by atoms with van der Waals surface area (Å²) in [5.41, 5.74) is 0. The average Bonchev–Trinajstić information content (AvgIpc) is 2.69. The van der Waals surface area contributed by atoms with E-state index in [1.54, 1.807) is 0 Å². The molecule has 0 spiro atoms. The third kappa shape index (κ3) is 3.78. The van der Waals surface area contributed by atoms with E-state index in [4.69, 9.17) is 0 Å². The summed E-state index contributed by atoms with van der Waals surface area (Å²) in [6.45, 7) is 0. The Hall–Kier alpha value is -1.50. The molecule has 1 heterocycles. The van der Waals surface area contributed by atoms with Gasteiger partial charge in [0.15, 0.2) is 10.1 Å². The first-order chi connectivity index (χ1) is 9.26. The molecule has 1 rings (SSSR count). The third-order valence-electron chi connectivity index (χ3n) is 2.45. The Labute approximate surface area is 114 Å². The fourth-order valence-electron chi connectivity index (χ4n) is 1.45. The number of esters is 1. The molecular weight excluding hydrogens is 333 g/mol. The van der Waals surface area contributed by atoms with Crippen molar-refractivity contribution < 1.29 is 49.2 Å². The first-order valence-corrected chi connectivity index (χ1v) is 6.57. The van der Waals surface area contributed by atoms with E-state index in [9.17, 15) is 44.5 Å². The number of alkyl halides is 5. The van der Waals surface area contributed by atoms with Crippen molar-refractivity contribution in [3.8, 4) is 0 Å². The van der Waals surface area contributed by atoms with Gasteiger partial charge >= 0.3 is 17.4 Å². The highest BCUT2D eigenvalue weighted by Gasteiger charge is 2.63. The van der Waals surface area contributed by atoms with Gasteiger partial charge in [0.2, 0.25) is 5.91 Å². The van der Waals surface area contributed by atoms with Crippen LogP contribution in [0.15, 0.2) is 0 Å². The molecule has 1 aliphatic heterocycles. The Morgan fingerprint density at radius 1 is 1.33 bits per heavy atom. The largest absolute Gasteiger partial charge is 0.743 e. The van der Waals surface area contributed by atoms with Gasteiger partial charge in [0, 0.05) is 6.42 Å². The summed E-state index contributed by atoms with van der Waals surface area (Å²) < 4.78 is 97.4. The maximum absolute atomic E-state index is 13.0. The van der Waals surface area contributed by atoms with Gasteiger partial charge in [0.05, 0.1) is 0 Å². The maximum atomic E-state index is 13.0. The summed E-state index contributed by atoms with van der Waals surface area (Å²) in [6, 6.07) is -1.62. The van der Waals surface area contributed by atoms with E-state index in [-0.39, 0.29) is 12.8 Å². The van der Waals surface area contributed by atoms with Crippen LogP contribution in [0.3, 0.4) is 0 Å². The molecule has 0 aliphatic carbocycles.